The Morgan fingerprint density at radius 1 is 1.00 bits per heavy atom. The van der Waals surface area contributed by atoms with Crippen LogP contribution in [0.15, 0.2) is 59.4 Å². The minimum atomic E-state index is -0.352. The zero-order chi connectivity index (χ0) is 13.8. The molecule has 0 aromatic carbocycles. The Bertz CT molecular complexity index is 710. The van der Waals surface area contributed by atoms with Crippen LogP contribution in [-0.2, 0) is 0 Å². The molecule has 0 aliphatic carbocycles. The van der Waals surface area contributed by atoms with Crippen LogP contribution in [0, 0.1) is 0 Å². The molecule has 3 aromatic heterocycles. The van der Waals surface area contributed by atoms with E-state index in [1.165, 1.54) is 0 Å². The quantitative estimate of drug-likeness (QED) is 0.787. The molecule has 0 spiro atoms. The van der Waals surface area contributed by atoms with E-state index in [-0.39, 0.29) is 11.8 Å². The first-order valence-corrected chi connectivity index (χ1v) is 5.93. The third-order valence-corrected chi connectivity index (χ3v) is 2.57. The number of nitrogens with one attached hydrogen (secondary N) is 1. The fourth-order valence-corrected chi connectivity index (χ4v) is 1.64. The fraction of sp³-hybridized carbons (Fsp3) is 0. The van der Waals surface area contributed by atoms with Gasteiger partial charge in [0.2, 0.25) is 5.88 Å². The second kappa shape index (κ2) is 5.31. The molecule has 0 unspecified atom stereocenters. The molecule has 20 heavy (non-hydrogen) atoms. The van der Waals surface area contributed by atoms with E-state index in [2.05, 4.69) is 20.4 Å². The van der Waals surface area contributed by atoms with Gasteiger partial charge in [0, 0.05) is 18.5 Å². The molecular formula is C14H10N4O2. The Morgan fingerprint density at radius 3 is 2.50 bits per heavy atom. The second-order valence-electron chi connectivity index (χ2n) is 3.96. The molecule has 0 fully saturated rings. The number of carbonyl (C=O) groups is 1. The van der Waals surface area contributed by atoms with Gasteiger partial charge in [-0.2, -0.15) is 0 Å². The van der Waals surface area contributed by atoms with Crippen LogP contribution < -0.4 is 5.32 Å². The van der Waals surface area contributed by atoms with Gasteiger partial charge in [0.25, 0.3) is 5.91 Å². The van der Waals surface area contributed by atoms with Gasteiger partial charge in [0.1, 0.15) is 11.4 Å². The van der Waals surface area contributed by atoms with Gasteiger partial charge >= 0.3 is 0 Å². The lowest BCUT2D eigenvalue weighted by atomic mass is 10.3. The number of hydrogen-bond acceptors (Lipinski definition) is 5. The first kappa shape index (κ1) is 12.0. The van der Waals surface area contributed by atoms with Crippen LogP contribution in [0.1, 0.15) is 10.5 Å². The highest BCUT2D eigenvalue weighted by Crippen LogP contribution is 2.19. The number of amides is 1. The van der Waals surface area contributed by atoms with Crippen molar-refractivity contribution in [2.75, 3.05) is 5.32 Å². The molecule has 0 aliphatic heterocycles. The summed E-state index contributed by atoms with van der Waals surface area (Å²) in [6.07, 6.45) is 3.21. The van der Waals surface area contributed by atoms with Crippen molar-refractivity contribution >= 4 is 11.8 Å². The highest BCUT2D eigenvalue weighted by molar-refractivity contribution is 6.02. The molecule has 0 atom stereocenters. The molecular weight excluding hydrogens is 256 g/mol. The Morgan fingerprint density at radius 2 is 1.80 bits per heavy atom. The molecule has 0 radical (unpaired) electrons. The van der Waals surface area contributed by atoms with Gasteiger partial charge in [-0.25, -0.2) is 0 Å². The summed E-state index contributed by atoms with van der Waals surface area (Å²) in [5, 5.41) is 6.45. The van der Waals surface area contributed by atoms with Gasteiger partial charge in [-0.15, -0.1) is 0 Å². The molecule has 1 N–H and O–H groups in total. The second-order valence-corrected chi connectivity index (χ2v) is 3.96. The van der Waals surface area contributed by atoms with Crippen LogP contribution in [0.25, 0.3) is 11.4 Å². The van der Waals surface area contributed by atoms with Crippen LogP contribution in [0.2, 0.25) is 0 Å². The number of rotatable bonds is 3. The zero-order valence-electron chi connectivity index (χ0n) is 10.4. The van der Waals surface area contributed by atoms with Crippen molar-refractivity contribution in [1.82, 2.24) is 15.1 Å². The van der Waals surface area contributed by atoms with Crippen molar-refractivity contribution in [3.05, 3.63) is 60.6 Å². The molecule has 6 heteroatoms. The average Bonchev–Trinajstić information content (AvgIpc) is 2.97. The molecule has 98 valence electrons. The van der Waals surface area contributed by atoms with Crippen LogP contribution in [0.5, 0.6) is 0 Å². The van der Waals surface area contributed by atoms with Crippen molar-refractivity contribution in [2.24, 2.45) is 0 Å². The van der Waals surface area contributed by atoms with Crippen molar-refractivity contribution < 1.29 is 9.32 Å². The Balaban J connectivity index is 1.77. The normalized spacial score (nSPS) is 10.2. The Kier molecular flexibility index (Phi) is 3.20. The largest absolute Gasteiger partial charge is 0.338 e. The van der Waals surface area contributed by atoms with Gasteiger partial charge in [0.05, 0.1) is 5.69 Å². The van der Waals surface area contributed by atoms with Crippen LogP contribution in [0.4, 0.5) is 5.88 Å². The van der Waals surface area contributed by atoms with Crippen molar-refractivity contribution in [2.45, 2.75) is 0 Å². The molecule has 0 saturated heterocycles. The Labute approximate surface area is 114 Å². The average molecular weight is 266 g/mol. The van der Waals surface area contributed by atoms with Crippen molar-refractivity contribution in [1.29, 1.82) is 0 Å². The lowest BCUT2D eigenvalue weighted by molar-refractivity contribution is 0.101. The lowest BCUT2D eigenvalue weighted by Gasteiger charge is -1.98. The topological polar surface area (TPSA) is 80.9 Å². The van der Waals surface area contributed by atoms with E-state index < -0.39 is 0 Å². The maximum Gasteiger partial charge on any atom is 0.276 e. The van der Waals surface area contributed by atoms with Gasteiger partial charge in [-0.3, -0.25) is 20.1 Å². The summed E-state index contributed by atoms with van der Waals surface area (Å²) in [6, 6.07) is 12.2. The molecule has 3 rings (SSSR count). The number of pyridine rings is 2. The summed E-state index contributed by atoms with van der Waals surface area (Å²) >= 11 is 0. The molecule has 3 heterocycles. The number of carbonyl (C=O) groups excluding carboxylic acids is 1. The van der Waals surface area contributed by atoms with Crippen LogP contribution in [0.3, 0.4) is 0 Å². The van der Waals surface area contributed by atoms with E-state index in [9.17, 15) is 4.79 Å². The third kappa shape index (κ3) is 2.54. The van der Waals surface area contributed by atoms with E-state index in [0.29, 0.717) is 17.1 Å². The minimum Gasteiger partial charge on any atom is -0.338 e. The first-order valence-electron chi connectivity index (χ1n) is 5.93. The predicted octanol–water partition coefficient (Wildman–Crippen LogP) is 2.38. The third-order valence-electron chi connectivity index (χ3n) is 2.57. The van der Waals surface area contributed by atoms with E-state index >= 15 is 0 Å². The maximum atomic E-state index is 11.9. The highest BCUT2D eigenvalue weighted by Gasteiger charge is 2.12. The van der Waals surface area contributed by atoms with E-state index in [1.54, 1.807) is 36.7 Å². The zero-order valence-corrected chi connectivity index (χ0v) is 10.4. The van der Waals surface area contributed by atoms with E-state index in [1.807, 2.05) is 18.2 Å². The monoisotopic (exact) mass is 266 g/mol. The van der Waals surface area contributed by atoms with Gasteiger partial charge in [-0.05, 0) is 24.3 Å². The lowest BCUT2D eigenvalue weighted by Crippen LogP contribution is -2.12. The van der Waals surface area contributed by atoms with Crippen LogP contribution >= 0.6 is 0 Å². The smallest absolute Gasteiger partial charge is 0.276 e. The summed E-state index contributed by atoms with van der Waals surface area (Å²) in [7, 11) is 0. The fourth-order valence-electron chi connectivity index (χ4n) is 1.64. The van der Waals surface area contributed by atoms with E-state index in [0.717, 1.165) is 0 Å². The Hall–Kier alpha value is -3.02. The predicted molar refractivity (Wildman–Crippen MR) is 71.9 cm³/mol. The standard InChI is InChI=1S/C14H10N4O2/c19-14(11-6-2-4-8-16-11)17-13-9-12(18-20-13)10-5-1-3-7-15-10/h1-9H,(H,17,19). The minimum absolute atomic E-state index is 0.251. The number of nitrogens with zero attached hydrogens (tertiary/aromatic N) is 3. The summed E-state index contributed by atoms with van der Waals surface area (Å²) in [5.74, 6) is -0.101. The number of hydrogen-bond donors (Lipinski definition) is 1. The summed E-state index contributed by atoms with van der Waals surface area (Å²) in [4.78, 5) is 20.0. The SMILES string of the molecule is O=C(Nc1cc(-c2ccccn2)no1)c1ccccn1. The highest BCUT2D eigenvalue weighted by atomic mass is 16.5. The van der Waals surface area contributed by atoms with E-state index in [4.69, 9.17) is 4.52 Å². The molecule has 1 amide bonds. The maximum absolute atomic E-state index is 11.9. The van der Waals surface area contributed by atoms with Crippen LogP contribution in [-0.4, -0.2) is 21.0 Å². The molecule has 0 aliphatic rings. The van der Waals surface area contributed by atoms with Gasteiger partial charge in [0.15, 0.2) is 0 Å². The molecule has 0 bridgehead atoms. The molecule has 3 aromatic rings. The number of aromatic nitrogens is 3. The van der Waals surface area contributed by atoms with Crippen molar-refractivity contribution in [3.63, 3.8) is 0 Å². The van der Waals surface area contributed by atoms with Gasteiger partial charge in [-0.1, -0.05) is 17.3 Å². The molecule has 6 nitrogen and oxygen atoms in total. The summed E-state index contributed by atoms with van der Waals surface area (Å²) < 4.78 is 5.06. The summed E-state index contributed by atoms with van der Waals surface area (Å²) in [6.45, 7) is 0. The first-order chi connectivity index (χ1) is 9.83. The van der Waals surface area contributed by atoms with Crippen molar-refractivity contribution in [3.8, 4) is 11.4 Å². The number of anilines is 1. The summed E-state index contributed by atoms with van der Waals surface area (Å²) in [5.41, 5.74) is 1.54. The van der Waals surface area contributed by atoms with Gasteiger partial charge < -0.3 is 4.52 Å². The molecule has 0 saturated carbocycles.